The molecule has 0 fully saturated rings. The predicted molar refractivity (Wildman–Crippen MR) is 71.0 cm³/mol. The first-order valence-corrected chi connectivity index (χ1v) is 6.98. The van der Waals surface area contributed by atoms with Gasteiger partial charge in [-0.15, -0.1) is 0 Å². The quantitative estimate of drug-likeness (QED) is 0.426. The number of nitrogens with one attached hydrogen (secondary N) is 1. The lowest BCUT2D eigenvalue weighted by Gasteiger charge is -2.28. The Labute approximate surface area is 101 Å². The van der Waals surface area contributed by atoms with Crippen LogP contribution in [0.1, 0.15) is 65.2 Å². The molecule has 0 amide bonds. The molecule has 0 saturated heterocycles. The fourth-order valence-corrected chi connectivity index (χ4v) is 2.80. The highest BCUT2D eigenvalue weighted by Crippen LogP contribution is 2.25. The van der Waals surface area contributed by atoms with Gasteiger partial charge in [0.25, 0.3) is 0 Å². The molecular formula is C14H28N2. The molecule has 0 aromatic heterocycles. The largest absolute Gasteiger partial charge is 0.271 e. The van der Waals surface area contributed by atoms with Crippen LogP contribution in [0, 0.1) is 5.92 Å². The van der Waals surface area contributed by atoms with E-state index in [2.05, 4.69) is 25.3 Å². The highest BCUT2D eigenvalue weighted by Gasteiger charge is 2.21. The molecule has 0 aromatic carbocycles. The molecule has 0 spiro atoms. The topological polar surface area (TPSA) is 38.0 Å². The van der Waals surface area contributed by atoms with Crippen LogP contribution in [-0.4, -0.2) is 6.04 Å². The van der Waals surface area contributed by atoms with Crippen molar-refractivity contribution in [2.45, 2.75) is 71.3 Å². The zero-order valence-corrected chi connectivity index (χ0v) is 11.0. The summed E-state index contributed by atoms with van der Waals surface area (Å²) in [5.74, 6) is 6.45. The Morgan fingerprint density at radius 1 is 1.19 bits per heavy atom. The summed E-state index contributed by atoms with van der Waals surface area (Å²) in [7, 11) is 0. The summed E-state index contributed by atoms with van der Waals surface area (Å²) < 4.78 is 0. The van der Waals surface area contributed by atoms with Gasteiger partial charge in [0.05, 0.1) is 0 Å². The van der Waals surface area contributed by atoms with Crippen molar-refractivity contribution in [2.24, 2.45) is 11.8 Å². The summed E-state index contributed by atoms with van der Waals surface area (Å²) in [6, 6.07) is 0.410. The summed E-state index contributed by atoms with van der Waals surface area (Å²) in [5, 5.41) is 0. The highest BCUT2D eigenvalue weighted by molar-refractivity contribution is 5.12. The molecule has 2 nitrogen and oxygen atoms in total. The van der Waals surface area contributed by atoms with Crippen LogP contribution in [0.5, 0.6) is 0 Å². The van der Waals surface area contributed by atoms with Gasteiger partial charge in [0.15, 0.2) is 0 Å². The summed E-state index contributed by atoms with van der Waals surface area (Å²) >= 11 is 0. The molecule has 0 saturated carbocycles. The van der Waals surface area contributed by atoms with Gasteiger partial charge in [-0.3, -0.25) is 11.3 Å². The standard InChI is InChI=1S/C14H28N2/c1-3-12(4-2)14(16-15)13-10-8-6-5-7-9-11-13/h10,12,14,16H,3-9,11,15H2,1-2H3. The van der Waals surface area contributed by atoms with E-state index in [4.69, 9.17) is 5.84 Å². The molecule has 1 aliphatic rings. The van der Waals surface area contributed by atoms with Crippen LogP contribution in [-0.2, 0) is 0 Å². The number of rotatable bonds is 5. The van der Waals surface area contributed by atoms with Crippen LogP contribution in [0.2, 0.25) is 0 Å². The van der Waals surface area contributed by atoms with E-state index in [1.54, 1.807) is 5.57 Å². The maximum absolute atomic E-state index is 5.75. The minimum atomic E-state index is 0.410. The number of hydrogen-bond acceptors (Lipinski definition) is 2. The van der Waals surface area contributed by atoms with E-state index in [-0.39, 0.29) is 0 Å². The normalized spacial score (nSPS) is 20.1. The van der Waals surface area contributed by atoms with E-state index in [0.29, 0.717) is 12.0 Å². The van der Waals surface area contributed by atoms with Gasteiger partial charge in [-0.1, -0.05) is 51.2 Å². The zero-order valence-electron chi connectivity index (χ0n) is 11.0. The van der Waals surface area contributed by atoms with E-state index >= 15 is 0 Å². The molecule has 0 radical (unpaired) electrons. The summed E-state index contributed by atoms with van der Waals surface area (Å²) in [6.07, 6.45) is 12.8. The monoisotopic (exact) mass is 224 g/mol. The Morgan fingerprint density at radius 2 is 1.88 bits per heavy atom. The second-order valence-electron chi connectivity index (χ2n) is 4.95. The minimum absolute atomic E-state index is 0.410. The van der Waals surface area contributed by atoms with Crippen LogP contribution >= 0.6 is 0 Å². The van der Waals surface area contributed by atoms with Crippen LogP contribution in [0.15, 0.2) is 11.6 Å². The third kappa shape index (κ3) is 3.91. The van der Waals surface area contributed by atoms with Crippen molar-refractivity contribution in [1.29, 1.82) is 0 Å². The Bertz CT molecular complexity index is 207. The fourth-order valence-electron chi connectivity index (χ4n) is 2.80. The highest BCUT2D eigenvalue weighted by atomic mass is 15.2. The molecule has 0 bridgehead atoms. The average Bonchev–Trinajstić information content (AvgIpc) is 2.26. The zero-order chi connectivity index (χ0) is 11.8. The van der Waals surface area contributed by atoms with Gasteiger partial charge >= 0.3 is 0 Å². The SMILES string of the molecule is CCC(CC)C(NN)C1=CCCCCCC1. The molecule has 1 atom stereocenters. The smallest absolute Gasteiger partial charge is 0.0447 e. The Morgan fingerprint density at radius 3 is 2.50 bits per heavy atom. The summed E-state index contributed by atoms with van der Waals surface area (Å²) in [5.41, 5.74) is 4.62. The van der Waals surface area contributed by atoms with E-state index < -0.39 is 0 Å². The molecular weight excluding hydrogens is 196 g/mol. The van der Waals surface area contributed by atoms with Crippen LogP contribution in [0.25, 0.3) is 0 Å². The first-order valence-electron chi connectivity index (χ1n) is 6.98. The van der Waals surface area contributed by atoms with Gasteiger partial charge in [0.1, 0.15) is 0 Å². The van der Waals surface area contributed by atoms with E-state index in [0.717, 1.165) is 0 Å². The van der Waals surface area contributed by atoms with Gasteiger partial charge in [0, 0.05) is 6.04 Å². The van der Waals surface area contributed by atoms with E-state index in [1.807, 2.05) is 0 Å². The van der Waals surface area contributed by atoms with Gasteiger partial charge in [-0.05, 0) is 31.6 Å². The van der Waals surface area contributed by atoms with Crippen LogP contribution in [0.4, 0.5) is 0 Å². The molecule has 1 aliphatic carbocycles. The molecule has 1 rings (SSSR count). The van der Waals surface area contributed by atoms with Gasteiger partial charge in [-0.2, -0.15) is 0 Å². The van der Waals surface area contributed by atoms with Gasteiger partial charge < -0.3 is 0 Å². The fraction of sp³-hybridized carbons (Fsp3) is 0.857. The first-order chi connectivity index (χ1) is 7.83. The summed E-state index contributed by atoms with van der Waals surface area (Å²) in [4.78, 5) is 0. The van der Waals surface area contributed by atoms with Gasteiger partial charge in [-0.25, -0.2) is 0 Å². The van der Waals surface area contributed by atoms with Crippen molar-refractivity contribution in [3.05, 3.63) is 11.6 Å². The lowest BCUT2D eigenvalue weighted by molar-refractivity contribution is 0.363. The third-order valence-electron chi connectivity index (χ3n) is 3.93. The molecule has 2 heteroatoms. The van der Waals surface area contributed by atoms with Crippen molar-refractivity contribution in [1.82, 2.24) is 5.43 Å². The number of hydrazine groups is 1. The minimum Gasteiger partial charge on any atom is -0.271 e. The van der Waals surface area contributed by atoms with E-state index in [1.165, 1.54) is 51.4 Å². The Kier molecular flexibility index (Phi) is 6.74. The maximum Gasteiger partial charge on any atom is 0.0447 e. The first kappa shape index (κ1) is 13.7. The van der Waals surface area contributed by atoms with Crippen molar-refractivity contribution in [3.63, 3.8) is 0 Å². The second-order valence-corrected chi connectivity index (χ2v) is 4.95. The van der Waals surface area contributed by atoms with E-state index in [9.17, 15) is 0 Å². The van der Waals surface area contributed by atoms with Crippen molar-refractivity contribution >= 4 is 0 Å². The molecule has 3 N–H and O–H groups in total. The number of hydrogen-bond donors (Lipinski definition) is 2. The molecule has 0 aliphatic heterocycles. The van der Waals surface area contributed by atoms with Crippen molar-refractivity contribution in [3.8, 4) is 0 Å². The number of nitrogens with two attached hydrogens (primary N) is 1. The lowest BCUT2D eigenvalue weighted by Crippen LogP contribution is -2.42. The third-order valence-corrected chi connectivity index (χ3v) is 3.93. The second kappa shape index (κ2) is 7.86. The van der Waals surface area contributed by atoms with Crippen LogP contribution in [0.3, 0.4) is 0 Å². The Hall–Kier alpha value is -0.340. The predicted octanol–water partition coefficient (Wildman–Crippen LogP) is 3.54. The van der Waals surface area contributed by atoms with Gasteiger partial charge in [0.2, 0.25) is 0 Å². The molecule has 16 heavy (non-hydrogen) atoms. The van der Waals surface area contributed by atoms with Crippen molar-refractivity contribution < 1.29 is 0 Å². The molecule has 0 heterocycles. The molecule has 94 valence electrons. The summed E-state index contributed by atoms with van der Waals surface area (Å²) in [6.45, 7) is 4.53. The van der Waals surface area contributed by atoms with Crippen LogP contribution < -0.4 is 11.3 Å². The maximum atomic E-state index is 5.75. The van der Waals surface area contributed by atoms with Crippen molar-refractivity contribution in [2.75, 3.05) is 0 Å². The number of allylic oxidation sites excluding steroid dienone is 1. The average molecular weight is 224 g/mol. The molecule has 0 aromatic rings. The molecule has 1 unspecified atom stereocenters. The lowest BCUT2D eigenvalue weighted by atomic mass is 9.85. The Balaban J connectivity index is 2.67.